The lowest BCUT2D eigenvalue weighted by atomic mass is 9.80. The molecule has 0 amide bonds. The highest BCUT2D eigenvalue weighted by Gasteiger charge is 2.28. The third-order valence-electron chi connectivity index (χ3n) is 4.64. The van der Waals surface area contributed by atoms with Gasteiger partial charge in [-0.25, -0.2) is 0 Å². The monoisotopic (exact) mass is 239 g/mol. The minimum Gasteiger partial charge on any atom is -0.317 e. The minimum atomic E-state index is 0.541. The molecule has 2 aliphatic heterocycles. The van der Waals surface area contributed by atoms with Crippen molar-refractivity contribution in [3.05, 3.63) is 0 Å². The van der Waals surface area contributed by atoms with Gasteiger partial charge in [-0.15, -0.1) is 0 Å². The number of piperidine rings is 2. The van der Waals surface area contributed by atoms with E-state index in [0.717, 1.165) is 5.92 Å². The summed E-state index contributed by atoms with van der Waals surface area (Å²) in [4.78, 5) is 2.45. The van der Waals surface area contributed by atoms with Gasteiger partial charge in [-0.2, -0.15) is 0 Å². The van der Waals surface area contributed by atoms with Crippen molar-refractivity contribution < 1.29 is 0 Å². The largest absolute Gasteiger partial charge is 0.317 e. The van der Waals surface area contributed by atoms with Gasteiger partial charge in [-0.05, 0) is 76.8 Å². The summed E-state index contributed by atoms with van der Waals surface area (Å²) in [6.07, 6.45) is 5.41. The Labute approximate surface area is 106 Å². The van der Waals surface area contributed by atoms with E-state index in [-0.39, 0.29) is 0 Å². The molecule has 0 aliphatic carbocycles. The molecule has 0 aromatic carbocycles. The first-order chi connectivity index (χ1) is 8.18. The second-order valence-corrected chi connectivity index (χ2v) is 6.44. The smallest absolute Gasteiger partial charge is 0.000623 e. The maximum Gasteiger partial charge on any atom is 0.000623 e. The molecule has 2 rings (SSSR count). The fourth-order valence-electron chi connectivity index (χ4n) is 3.00. The minimum absolute atomic E-state index is 0.541. The van der Waals surface area contributed by atoms with Crippen LogP contribution in [0.2, 0.25) is 0 Å². The Kier molecular flexibility index (Phi) is 4.83. The summed E-state index contributed by atoms with van der Waals surface area (Å²) in [6, 6.07) is 0. The molecule has 0 atom stereocenters. The van der Waals surface area contributed by atoms with Crippen LogP contribution in [0.3, 0.4) is 0 Å². The second-order valence-electron chi connectivity index (χ2n) is 6.44. The highest BCUT2D eigenvalue weighted by molar-refractivity contribution is 4.83. The van der Waals surface area contributed by atoms with Crippen LogP contribution in [-0.4, -0.2) is 51.2 Å². The van der Waals surface area contributed by atoms with E-state index in [0.29, 0.717) is 5.41 Å². The zero-order valence-electron chi connectivity index (χ0n) is 11.6. The van der Waals surface area contributed by atoms with Gasteiger partial charge in [0.2, 0.25) is 0 Å². The fourth-order valence-corrected chi connectivity index (χ4v) is 3.00. The van der Waals surface area contributed by atoms with Gasteiger partial charge in [0.05, 0.1) is 0 Å². The highest BCUT2D eigenvalue weighted by Crippen LogP contribution is 2.29. The molecule has 3 nitrogen and oxygen atoms in total. The molecule has 0 aromatic heterocycles. The quantitative estimate of drug-likeness (QED) is 0.774. The van der Waals surface area contributed by atoms with E-state index < -0.39 is 0 Å². The van der Waals surface area contributed by atoms with Crippen LogP contribution in [0.4, 0.5) is 0 Å². The topological polar surface area (TPSA) is 27.3 Å². The van der Waals surface area contributed by atoms with Crippen LogP contribution in [0.1, 0.15) is 32.6 Å². The molecule has 0 radical (unpaired) electrons. The van der Waals surface area contributed by atoms with E-state index in [2.05, 4.69) is 29.5 Å². The lowest BCUT2D eigenvalue weighted by Crippen LogP contribution is -2.43. The predicted molar refractivity (Wildman–Crippen MR) is 73.3 cm³/mol. The molecule has 0 aromatic rings. The van der Waals surface area contributed by atoms with Crippen LogP contribution in [0.25, 0.3) is 0 Å². The maximum atomic E-state index is 3.73. The second kappa shape index (κ2) is 6.17. The van der Waals surface area contributed by atoms with Crippen molar-refractivity contribution >= 4 is 0 Å². The van der Waals surface area contributed by atoms with Crippen LogP contribution >= 0.6 is 0 Å². The van der Waals surface area contributed by atoms with E-state index in [1.165, 1.54) is 65.0 Å². The van der Waals surface area contributed by atoms with Gasteiger partial charge in [0.1, 0.15) is 0 Å². The number of hydrogen-bond acceptors (Lipinski definition) is 3. The molecule has 2 N–H and O–H groups in total. The average Bonchev–Trinajstić information content (AvgIpc) is 2.35. The summed E-state index contributed by atoms with van der Waals surface area (Å²) in [6.45, 7) is 9.87. The standard InChI is InChI=1S/C14H29N3/c1-14(5-9-17(2)10-6-14)12-16-11-13-3-7-15-8-4-13/h13,15-16H,3-12H2,1-2H3. The van der Waals surface area contributed by atoms with Gasteiger partial charge in [0, 0.05) is 6.54 Å². The molecule has 2 heterocycles. The SMILES string of the molecule is CN1CCC(C)(CNCC2CCNCC2)CC1. The molecule has 2 aliphatic rings. The van der Waals surface area contributed by atoms with Gasteiger partial charge < -0.3 is 15.5 Å². The van der Waals surface area contributed by atoms with Gasteiger partial charge in [0.15, 0.2) is 0 Å². The summed E-state index contributed by atoms with van der Waals surface area (Å²) in [5.41, 5.74) is 0.541. The predicted octanol–water partition coefficient (Wildman–Crippen LogP) is 1.31. The molecule has 100 valence electrons. The highest BCUT2D eigenvalue weighted by atomic mass is 15.1. The number of hydrogen-bond donors (Lipinski definition) is 2. The van der Waals surface area contributed by atoms with Crippen molar-refractivity contribution in [1.29, 1.82) is 0 Å². The molecular formula is C14H29N3. The first kappa shape index (κ1) is 13.3. The Hall–Kier alpha value is -0.120. The Morgan fingerprint density at radius 3 is 2.53 bits per heavy atom. The first-order valence-corrected chi connectivity index (χ1v) is 7.28. The average molecular weight is 239 g/mol. The van der Waals surface area contributed by atoms with E-state index in [1.54, 1.807) is 0 Å². The van der Waals surface area contributed by atoms with E-state index in [4.69, 9.17) is 0 Å². The number of nitrogens with zero attached hydrogens (tertiary/aromatic N) is 1. The van der Waals surface area contributed by atoms with Gasteiger partial charge in [-0.3, -0.25) is 0 Å². The maximum absolute atomic E-state index is 3.73. The van der Waals surface area contributed by atoms with Crippen LogP contribution in [0.15, 0.2) is 0 Å². The van der Waals surface area contributed by atoms with Crippen LogP contribution in [0.5, 0.6) is 0 Å². The zero-order chi connectivity index (χ0) is 12.1. The summed E-state index contributed by atoms with van der Waals surface area (Å²) >= 11 is 0. The lowest BCUT2D eigenvalue weighted by molar-refractivity contribution is 0.135. The lowest BCUT2D eigenvalue weighted by Gasteiger charge is -2.38. The Bertz CT molecular complexity index is 216. The van der Waals surface area contributed by atoms with Gasteiger partial charge in [0.25, 0.3) is 0 Å². The normalized spacial score (nSPS) is 27.2. The van der Waals surface area contributed by atoms with Crippen LogP contribution in [0, 0.1) is 11.3 Å². The number of rotatable bonds is 4. The Balaban J connectivity index is 1.63. The number of nitrogens with one attached hydrogen (secondary N) is 2. The Morgan fingerprint density at radius 2 is 1.88 bits per heavy atom. The third kappa shape index (κ3) is 4.23. The van der Waals surface area contributed by atoms with E-state index in [9.17, 15) is 0 Å². The summed E-state index contributed by atoms with van der Waals surface area (Å²) in [7, 11) is 2.24. The van der Waals surface area contributed by atoms with Crippen molar-refractivity contribution in [3.63, 3.8) is 0 Å². The van der Waals surface area contributed by atoms with E-state index in [1.807, 2.05) is 0 Å². The molecule has 2 fully saturated rings. The first-order valence-electron chi connectivity index (χ1n) is 7.28. The van der Waals surface area contributed by atoms with Crippen LogP contribution in [-0.2, 0) is 0 Å². The molecule has 17 heavy (non-hydrogen) atoms. The summed E-state index contributed by atoms with van der Waals surface area (Å²) < 4.78 is 0. The van der Waals surface area contributed by atoms with Gasteiger partial charge >= 0.3 is 0 Å². The summed E-state index contributed by atoms with van der Waals surface area (Å²) in [5.74, 6) is 0.908. The number of likely N-dealkylation sites (tertiary alicyclic amines) is 1. The molecule has 0 bridgehead atoms. The van der Waals surface area contributed by atoms with Crippen molar-refractivity contribution in [1.82, 2.24) is 15.5 Å². The van der Waals surface area contributed by atoms with Crippen molar-refractivity contribution in [2.24, 2.45) is 11.3 Å². The fraction of sp³-hybridized carbons (Fsp3) is 1.00. The van der Waals surface area contributed by atoms with Crippen molar-refractivity contribution in [2.45, 2.75) is 32.6 Å². The van der Waals surface area contributed by atoms with E-state index >= 15 is 0 Å². The molecule has 3 heteroatoms. The van der Waals surface area contributed by atoms with Crippen molar-refractivity contribution in [3.8, 4) is 0 Å². The molecule has 0 unspecified atom stereocenters. The van der Waals surface area contributed by atoms with Crippen molar-refractivity contribution in [2.75, 3.05) is 46.3 Å². The van der Waals surface area contributed by atoms with Crippen LogP contribution < -0.4 is 10.6 Å². The summed E-state index contributed by atoms with van der Waals surface area (Å²) in [5, 5.41) is 7.17. The molecule has 0 saturated carbocycles. The molecule has 0 spiro atoms. The zero-order valence-corrected chi connectivity index (χ0v) is 11.6. The van der Waals surface area contributed by atoms with Gasteiger partial charge in [-0.1, -0.05) is 6.92 Å². The molecule has 2 saturated heterocycles. The third-order valence-corrected chi connectivity index (χ3v) is 4.64. The molecular weight excluding hydrogens is 210 g/mol. The Morgan fingerprint density at radius 1 is 1.24 bits per heavy atom.